The molecule has 84 heavy (non-hydrogen) atoms. The molecule has 0 unspecified atom stereocenters. The predicted octanol–water partition coefficient (Wildman–Crippen LogP) is 18.5. The van der Waals surface area contributed by atoms with E-state index in [2.05, 4.69) is 24.7 Å². The summed E-state index contributed by atoms with van der Waals surface area (Å²) in [6, 6.07) is 0. The Morgan fingerprint density at radius 1 is 0.226 bits per heavy atom. The molecule has 0 spiro atoms. The van der Waals surface area contributed by atoms with Gasteiger partial charge in [-0.15, -0.1) is 13.3 Å². The van der Waals surface area contributed by atoms with Gasteiger partial charge in [-0.25, -0.2) is 79.0 Å². The summed E-state index contributed by atoms with van der Waals surface area (Å²) in [5, 5.41) is 0. The summed E-state index contributed by atoms with van der Waals surface area (Å²) < 4.78 is 285. The lowest BCUT2D eigenvalue weighted by molar-refractivity contribution is -0.880. The normalized spacial score (nSPS) is 11.8. The maximum atomic E-state index is 15.3. The minimum atomic E-state index is -8.93. The smallest absolute Gasteiger partial charge is 0.494 e. The Balaban J connectivity index is 0.000000450. The van der Waals surface area contributed by atoms with Gasteiger partial charge in [0.15, 0.2) is 52.4 Å². The molecule has 0 fully saturated rings. The first-order valence-corrected chi connectivity index (χ1v) is 31.9. The Morgan fingerprint density at radius 2 is 0.381 bits per heavy atom. The van der Waals surface area contributed by atoms with Crippen LogP contribution in [0.2, 0.25) is 0 Å². The number of hydrogen-bond acceptors (Lipinski definition) is 1. The first-order chi connectivity index (χ1) is 40.0. The van der Waals surface area contributed by atoms with E-state index in [1.165, 1.54) is 219 Å². The highest BCUT2D eigenvalue weighted by molar-refractivity contribution is 7.07. The van der Waals surface area contributed by atoms with Gasteiger partial charge in [0.05, 0.1) is 20.1 Å². The largest absolute Gasteiger partial charge is 0.784 e. The second-order valence-corrected chi connectivity index (χ2v) is 25.4. The third-order valence-electron chi connectivity index (χ3n) is 15.3. The van der Waals surface area contributed by atoms with Crippen molar-refractivity contribution in [2.45, 2.75) is 219 Å². The van der Waals surface area contributed by atoms with Crippen LogP contribution in [0.15, 0.2) is 0 Å². The van der Waals surface area contributed by atoms with E-state index in [0.29, 0.717) is 0 Å². The number of rotatable bonds is 39. The summed E-state index contributed by atoms with van der Waals surface area (Å²) in [4.78, 5) is 1.78. The molecule has 4 aromatic carbocycles. The highest BCUT2D eigenvalue weighted by Gasteiger charge is 2.57. The van der Waals surface area contributed by atoms with Crippen LogP contribution in [-0.2, 0) is 0 Å². The van der Waals surface area contributed by atoms with E-state index < -0.39 is 149 Å². The summed E-state index contributed by atoms with van der Waals surface area (Å²) in [6.07, 6.45) is 47.0. The molecule has 0 aliphatic heterocycles. The van der Waals surface area contributed by atoms with Gasteiger partial charge >= 0.3 is 13.4 Å². The van der Waals surface area contributed by atoms with Crippen molar-refractivity contribution < 1.29 is 96.5 Å². The van der Waals surface area contributed by atoms with Crippen molar-refractivity contribution >= 4 is 26.7 Å². The van der Waals surface area contributed by atoms with Gasteiger partial charge < -0.3 is 8.69 Å². The molecule has 23 heteroatoms. The Hall–Kier alpha value is -4.23. The Kier molecular flexibility index (Phi) is 33.6. The molecule has 0 atom stereocenters. The minimum absolute atomic E-state index is 1.37. The zero-order chi connectivity index (χ0) is 62.7. The summed E-state index contributed by atoms with van der Waals surface area (Å²) in [5.41, 5.74) is 0. The number of quaternary nitrogens is 1. The summed E-state index contributed by atoms with van der Waals surface area (Å²) >= 11 is -8.93. The average Bonchev–Trinajstić information content (AvgIpc) is 0.733. The number of halogens is 20. The van der Waals surface area contributed by atoms with Crippen LogP contribution in [0.4, 0.5) is 87.8 Å². The monoisotopic (exact) mass is 1250 g/mol. The van der Waals surface area contributed by atoms with Crippen LogP contribution in [0.25, 0.3) is 0 Å². The molecule has 1 N–H and O–H groups in total. The van der Waals surface area contributed by atoms with Gasteiger partial charge in [-0.2, -0.15) is 8.78 Å². The molecule has 0 aliphatic rings. The fourth-order valence-electron chi connectivity index (χ4n) is 10.5. The third kappa shape index (κ3) is 20.2. The van der Waals surface area contributed by atoms with Crippen LogP contribution in [-0.4, -0.2) is 33.5 Å². The first kappa shape index (κ1) is 74.0. The summed E-state index contributed by atoms with van der Waals surface area (Å²) in [6.45, 7) is 7.42. The van der Waals surface area contributed by atoms with E-state index >= 15 is 26.3 Å². The van der Waals surface area contributed by atoms with Crippen LogP contribution < -0.4 is 22.0 Å². The van der Waals surface area contributed by atoms with Gasteiger partial charge in [-0.05, 0) is 25.7 Å². The second kappa shape index (κ2) is 38.1. The quantitative estimate of drug-likeness (QED) is 0.0155. The number of hydrogen-bond donors (Lipinski definition) is 1. The zero-order valence-electron chi connectivity index (χ0n) is 48.1. The Morgan fingerprint density at radius 3 is 0.571 bits per heavy atom. The molecule has 4 rings (SSSR count). The van der Waals surface area contributed by atoms with Crippen molar-refractivity contribution in [2.75, 3.05) is 20.1 Å². The van der Waals surface area contributed by atoms with Gasteiger partial charge in [0, 0.05) is 0 Å². The van der Waals surface area contributed by atoms with Crippen molar-refractivity contribution in [2.24, 2.45) is 0 Å². The average molecular weight is 1250 g/mol. The van der Waals surface area contributed by atoms with E-state index in [4.69, 9.17) is 0 Å². The molecule has 4 aromatic rings. The maximum Gasteiger partial charge on any atom is 0.494 e. The highest BCUT2D eigenvalue weighted by atomic mass is 27.3. The van der Waals surface area contributed by atoms with E-state index in [1.807, 2.05) is 0 Å². The molecule has 0 bridgehead atoms. The van der Waals surface area contributed by atoms with Crippen molar-refractivity contribution in [1.29, 1.82) is 0 Å². The lowest BCUT2D eigenvalue weighted by atomic mass is 10.0. The van der Waals surface area contributed by atoms with Crippen molar-refractivity contribution in [3.63, 3.8) is 0 Å². The molecule has 0 saturated carbocycles. The molecule has 0 saturated heterocycles. The number of nitrogens with one attached hydrogen (secondary N) is 1. The van der Waals surface area contributed by atoms with Crippen molar-refractivity contribution in [1.82, 2.24) is 0 Å². The van der Waals surface area contributed by atoms with Gasteiger partial charge in [-0.3, -0.25) is 0 Å². The lowest BCUT2D eigenvalue weighted by Crippen LogP contribution is -3.09. The van der Waals surface area contributed by atoms with Gasteiger partial charge in [0.1, 0.15) is 40.7 Å². The molecule has 0 radical (unpaired) electrons. The highest BCUT2D eigenvalue weighted by Crippen LogP contribution is 2.35. The van der Waals surface area contributed by atoms with Crippen LogP contribution in [0, 0.1) is 116 Å². The van der Waals surface area contributed by atoms with Crippen LogP contribution in [0.3, 0.4) is 0 Å². The second-order valence-electron chi connectivity index (χ2n) is 21.8. The van der Waals surface area contributed by atoms with Crippen LogP contribution in [0.5, 0.6) is 5.75 Å². The summed E-state index contributed by atoms with van der Waals surface area (Å²) in [5.74, 6) is -72.2. The van der Waals surface area contributed by atoms with E-state index in [-0.39, 0.29) is 0 Å². The van der Waals surface area contributed by atoms with E-state index in [0.717, 1.165) is 0 Å². The number of unbranched alkanes of at least 4 members (excludes halogenated alkanes) is 30. The molecular weight excluding hydrogens is 1170 g/mol. The topological polar surface area (TPSA) is 13.7 Å². The maximum absolute atomic E-state index is 15.3. The Bertz CT molecular complexity index is 2350. The molecule has 476 valence electrons. The Labute approximate surface area is 483 Å². The summed E-state index contributed by atoms with van der Waals surface area (Å²) in [7, 11) is 2.43. The predicted molar refractivity (Wildman–Crippen MR) is 286 cm³/mol. The van der Waals surface area contributed by atoms with Crippen molar-refractivity contribution in [3.05, 3.63) is 116 Å². The fraction of sp³-hybridized carbons (Fsp3) is 0.607. The molecule has 2 nitrogen and oxygen atoms in total. The van der Waals surface area contributed by atoms with Crippen molar-refractivity contribution in [3.8, 4) is 5.75 Å². The van der Waals surface area contributed by atoms with Gasteiger partial charge in [-0.1, -0.05) is 194 Å². The van der Waals surface area contributed by atoms with Gasteiger partial charge in [0.2, 0.25) is 29.1 Å². The first-order valence-electron chi connectivity index (χ1n) is 29.7. The zero-order valence-corrected chi connectivity index (χ0v) is 49.2. The standard InChI is InChI=1S/C37H77N.C6HF5O.3C6F5.Al/c1-4-6-8-10-12-14-16-18-20-22-24-26-28-30-32-34-36-38(3)37-35-33-31-29-27-25-23-21-19-17-15-13-11-9-7-5-2;7-1-2(8)4(10)6(12)5(11)3(1)9;3*7-2-1-3(8)5(10)6(11)4(2)9;/h4-37H2,1-3H3;12H;;;;. The fourth-order valence-corrected chi connectivity index (χ4v) is 15.2. The molecule has 0 amide bonds. The lowest BCUT2D eigenvalue weighted by Gasteiger charge is -2.42. The molecular formula is C61H78AlF20NO. The minimum Gasteiger partial charge on any atom is -0.784 e. The molecule has 0 heterocycles. The van der Waals surface area contributed by atoms with E-state index in [9.17, 15) is 61.5 Å². The van der Waals surface area contributed by atoms with Gasteiger partial charge in [0.25, 0.3) is 0 Å². The van der Waals surface area contributed by atoms with Crippen LogP contribution >= 0.6 is 0 Å². The third-order valence-corrected chi connectivity index (χ3v) is 19.9. The molecule has 0 aliphatic carbocycles. The SMILES string of the molecule is CCCCCCCCCCCCCCCCCC[NH+](C)CCCCCCCCCCCCCCCCCC.Fc1c(F)c(F)c([O][Al-]([c]2c(F)c(F)c(F)c(F)c2F)([c]2c(F)c(F)c(F)c(F)c2F)[c]2c(F)c(F)c(F)c(F)c2F)c(F)c1F. The van der Waals surface area contributed by atoms with Crippen LogP contribution in [0.1, 0.15) is 219 Å². The molecule has 0 aromatic heterocycles. The number of benzene rings is 4. The van der Waals surface area contributed by atoms with E-state index in [1.54, 1.807) is 4.90 Å².